The zero-order valence-electron chi connectivity index (χ0n) is 11.0. The molecule has 0 amide bonds. The highest BCUT2D eigenvalue weighted by Crippen LogP contribution is 1.97. The minimum Gasteiger partial charge on any atom is -0.293 e. The Morgan fingerprint density at radius 2 is 2.05 bits per heavy atom. The molecule has 2 heterocycles. The minimum absolute atomic E-state index is 0.0756. The van der Waals surface area contributed by atoms with E-state index in [9.17, 15) is 4.79 Å². The Morgan fingerprint density at radius 1 is 1.38 bits per heavy atom. The van der Waals surface area contributed by atoms with Gasteiger partial charge in [-0.05, 0) is 23.8 Å². The van der Waals surface area contributed by atoms with Gasteiger partial charge in [-0.25, -0.2) is 0 Å². The molecular weight excluding hydrogens is 284 g/mol. The van der Waals surface area contributed by atoms with E-state index in [0.717, 1.165) is 16.9 Å². The lowest BCUT2D eigenvalue weighted by Gasteiger charge is -1.94. The molecule has 0 aliphatic heterocycles. The van der Waals surface area contributed by atoms with Crippen molar-refractivity contribution in [3.63, 3.8) is 0 Å². The van der Waals surface area contributed by atoms with Gasteiger partial charge >= 0.3 is 0 Å². The highest BCUT2D eigenvalue weighted by Gasteiger charge is 2.07. The highest BCUT2D eigenvalue weighted by atomic mass is 32.1. The third-order valence-corrected chi connectivity index (χ3v) is 3.79. The average Bonchev–Trinajstić information content (AvgIpc) is 2.80. The quantitative estimate of drug-likeness (QED) is 0.773. The summed E-state index contributed by atoms with van der Waals surface area (Å²) in [4.78, 5) is 16.3. The van der Waals surface area contributed by atoms with E-state index in [0.29, 0.717) is 9.20 Å². The molecular formula is C15H10N4OS. The molecule has 6 heteroatoms. The normalized spacial score (nSPS) is 10.7. The van der Waals surface area contributed by atoms with Gasteiger partial charge in [0, 0.05) is 18.9 Å². The zero-order chi connectivity index (χ0) is 15.2. The molecule has 2 aromatic rings. The van der Waals surface area contributed by atoms with Gasteiger partial charge in [-0.3, -0.25) is 14.3 Å². The van der Waals surface area contributed by atoms with Gasteiger partial charge in [0.1, 0.15) is 16.8 Å². The molecule has 102 valence electrons. The summed E-state index contributed by atoms with van der Waals surface area (Å²) in [5.74, 6) is 0. The number of aromatic nitrogens is 2. The second-order valence-electron chi connectivity index (χ2n) is 4.00. The van der Waals surface area contributed by atoms with Gasteiger partial charge < -0.3 is 0 Å². The summed E-state index contributed by atoms with van der Waals surface area (Å²) >= 11 is 1.12. The van der Waals surface area contributed by atoms with Crippen molar-refractivity contribution in [3.05, 3.63) is 62.3 Å². The second-order valence-corrected chi connectivity index (χ2v) is 5.03. The molecule has 21 heavy (non-hydrogen) atoms. The molecule has 0 atom stereocenters. The molecule has 0 radical (unpaired) electrons. The predicted molar refractivity (Wildman–Crippen MR) is 80.5 cm³/mol. The van der Waals surface area contributed by atoms with Crippen LogP contribution in [0, 0.1) is 22.7 Å². The molecule has 0 aliphatic rings. The van der Waals surface area contributed by atoms with Crippen LogP contribution >= 0.6 is 11.3 Å². The number of nitriles is 2. The maximum absolute atomic E-state index is 12.4. The number of pyridine rings is 1. The van der Waals surface area contributed by atoms with Gasteiger partial charge in [-0.1, -0.05) is 6.08 Å². The molecule has 0 spiro atoms. The first-order valence-electron chi connectivity index (χ1n) is 5.98. The number of hydrogen-bond acceptors (Lipinski definition) is 5. The lowest BCUT2D eigenvalue weighted by atomic mass is 10.2. The summed E-state index contributed by atoms with van der Waals surface area (Å²) in [5.41, 5.74) is 0.513. The van der Waals surface area contributed by atoms with E-state index in [1.807, 2.05) is 12.1 Å². The van der Waals surface area contributed by atoms with Crippen LogP contribution in [-0.4, -0.2) is 9.55 Å². The van der Waals surface area contributed by atoms with Gasteiger partial charge in [0.05, 0.1) is 4.53 Å². The molecule has 0 fully saturated rings. The van der Waals surface area contributed by atoms with Gasteiger partial charge in [0.2, 0.25) is 0 Å². The molecule has 0 aliphatic carbocycles. The lowest BCUT2D eigenvalue weighted by molar-refractivity contribution is 0.775. The van der Waals surface area contributed by atoms with Crippen LogP contribution < -0.4 is 14.8 Å². The standard InChI is InChI=1S/C15H10N4OS/c1-2-7-19-14(20)13(8-11-3-5-18-6-4-11)21-15(19)12(9-16)10-17/h2-6,8H,1,7H2/b13-8+. The van der Waals surface area contributed by atoms with Crippen LogP contribution in [0.25, 0.3) is 11.6 Å². The maximum Gasteiger partial charge on any atom is 0.269 e. The fourth-order valence-corrected chi connectivity index (χ4v) is 2.79. The van der Waals surface area contributed by atoms with E-state index in [4.69, 9.17) is 10.5 Å². The second kappa shape index (κ2) is 6.47. The van der Waals surface area contributed by atoms with Crippen LogP contribution in [0.15, 0.2) is 42.0 Å². The number of hydrogen-bond donors (Lipinski definition) is 0. The number of nitrogens with zero attached hydrogens (tertiary/aromatic N) is 4. The zero-order valence-corrected chi connectivity index (χ0v) is 11.8. The van der Waals surface area contributed by atoms with Crippen molar-refractivity contribution in [2.75, 3.05) is 0 Å². The van der Waals surface area contributed by atoms with Crippen molar-refractivity contribution >= 4 is 23.0 Å². The molecule has 0 aromatic carbocycles. The largest absolute Gasteiger partial charge is 0.293 e. The van der Waals surface area contributed by atoms with E-state index in [1.165, 1.54) is 4.57 Å². The van der Waals surface area contributed by atoms with Gasteiger partial charge in [0.15, 0.2) is 5.57 Å². The summed E-state index contributed by atoms with van der Waals surface area (Å²) in [6.07, 6.45) is 6.53. The van der Waals surface area contributed by atoms with E-state index in [2.05, 4.69) is 11.6 Å². The Balaban J connectivity index is 2.82. The molecule has 0 unspecified atom stereocenters. The van der Waals surface area contributed by atoms with E-state index in [-0.39, 0.29) is 17.7 Å². The molecule has 2 rings (SSSR count). The first-order valence-corrected chi connectivity index (χ1v) is 6.79. The minimum atomic E-state index is -0.241. The highest BCUT2D eigenvalue weighted by molar-refractivity contribution is 7.07. The number of thiazole rings is 1. The molecule has 0 saturated heterocycles. The Bertz CT molecular complexity index is 907. The van der Waals surface area contributed by atoms with Crippen molar-refractivity contribution < 1.29 is 0 Å². The van der Waals surface area contributed by atoms with Crippen molar-refractivity contribution in [1.29, 1.82) is 10.5 Å². The first-order chi connectivity index (χ1) is 10.2. The molecule has 2 aromatic heterocycles. The van der Waals surface area contributed by atoms with Gasteiger partial charge in [-0.15, -0.1) is 17.9 Å². The topological polar surface area (TPSA) is 82.5 Å². The molecule has 5 nitrogen and oxygen atoms in total. The van der Waals surface area contributed by atoms with Crippen molar-refractivity contribution in [2.24, 2.45) is 0 Å². The third kappa shape index (κ3) is 2.97. The van der Waals surface area contributed by atoms with Crippen LogP contribution in [0.4, 0.5) is 0 Å². The van der Waals surface area contributed by atoms with Crippen molar-refractivity contribution in [3.8, 4) is 12.1 Å². The summed E-state index contributed by atoms with van der Waals surface area (Å²) < 4.78 is 2.19. The predicted octanol–water partition coefficient (Wildman–Crippen LogP) is 0.517. The molecule has 0 N–H and O–H groups in total. The Labute approximate surface area is 124 Å². The number of rotatable bonds is 3. The van der Waals surface area contributed by atoms with E-state index in [1.54, 1.807) is 36.7 Å². The Kier molecular flexibility index (Phi) is 4.45. The first kappa shape index (κ1) is 14.4. The van der Waals surface area contributed by atoms with E-state index >= 15 is 0 Å². The van der Waals surface area contributed by atoms with Crippen LogP contribution in [-0.2, 0) is 6.54 Å². The average molecular weight is 294 g/mol. The fourth-order valence-electron chi connectivity index (χ4n) is 1.73. The van der Waals surface area contributed by atoms with Gasteiger partial charge in [-0.2, -0.15) is 10.5 Å². The molecule has 0 saturated carbocycles. The van der Waals surface area contributed by atoms with Crippen LogP contribution in [0.5, 0.6) is 0 Å². The van der Waals surface area contributed by atoms with Crippen molar-refractivity contribution in [2.45, 2.75) is 6.54 Å². The van der Waals surface area contributed by atoms with Gasteiger partial charge in [0.25, 0.3) is 5.56 Å². The third-order valence-electron chi connectivity index (χ3n) is 2.66. The summed E-state index contributed by atoms with van der Waals surface area (Å²) in [7, 11) is 0. The Morgan fingerprint density at radius 3 is 2.62 bits per heavy atom. The summed E-state index contributed by atoms with van der Waals surface area (Å²) in [6.45, 7) is 3.85. The SMILES string of the molecule is C=CCn1c(=C(C#N)C#N)s/c(=C/c2ccncc2)c1=O. The Hall–Kier alpha value is -2.96. The molecule has 0 bridgehead atoms. The number of allylic oxidation sites excluding steroid dienone is 1. The fraction of sp³-hybridized carbons (Fsp3) is 0.0667. The smallest absolute Gasteiger partial charge is 0.269 e. The van der Waals surface area contributed by atoms with Crippen LogP contribution in [0.1, 0.15) is 5.56 Å². The summed E-state index contributed by atoms with van der Waals surface area (Å²) in [5, 5.41) is 18.0. The monoisotopic (exact) mass is 294 g/mol. The van der Waals surface area contributed by atoms with Crippen LogP contribution in [0.3, 0.4) is 0 Å². The van der Waals surface area contributed by atoms with Crippen LogP contribution in [0.2, 0.25) is 0 Å². The van der Waals surface area contributed by atoms with E-state index < -0.39 is 0 Å². The van der Waals surface area contributed by atoms with Crippen molar-refractivity contribution in [1.82, 2.24) is 9.55 Å². The maximum atomic E-state index is 12.4. The lowest BCUT2D eigenvalue weighted by Crippen LogP contribution is -2.31. The summed E-state index contributed by atoms with van der Waals surface area (Å²) in [6, 6.07) is 7.19.